The van der Waals surface area contributed by atoms with Crippen LogP contribution in [-0.4, -0.2) is 32.4 Å². The van der Waals surface area contributed by atoms with Crippen LogP contribution in [-0.2, 0) is 30.5 Å². The molecule has 1 aromatic rings. The number of fused-ring (bicyclic) bond motifs is 3. The van der Waals surface area contributed by atoms with Crippen LogP contribution < -0.4 is 0 Å². The Morgan fingerprint density at radius 3 is 2.15 bits per heavy atom. The maximum absolute atomic E-state index is 15.0. The Hall–Kier alpha value is -0.860. The van der Waals surface area contributed by atoms with Crippen LogP contribution in [0.25, 0.3) is 6.08 Å². The molecule has 0 N–H and O–H groups in total. The van der Waals surface area contributed by atoms with Gasteiger partial charge in [0.15, 0.2) is 0 Å². The van der Waals surface area contributed by atoms with Crippen molar-refractivity contribution in [1.29, 1.82) is 0 Å². The van der Waals surface area contributed by atoms with Crippen molar-refractivity contribution in [2.45, 2.75) is 17.5 Å². The molecule has 0 saturated carbocycles. The number of hydrogen-bond acceptors (Lipinski definition) is 5. The van der Waals surface area contributed by atoms with Crippen molar-refractivity contribution in [3.63, 3.8) is 0 Å². The van der Waals surface area contributed by atoms with Crippen LogP contribution in [0, 0.1) is 0 Å². The Kier molecular flexibility index (Phi) is 2.48. The molecular weight excluding hydrogens is 290 g/mol. The highest BCUT2D eigenvalue weighted by molar-refractivity contribution is 7.13. The fourth-order valence-electron chi connectivity index (χ4n) is 3.00. The zero-order valence-electron chi connectivity index (χ0n) is 10.5. The van der Waals surface area contributed by atoms with Gasteiger partial charge in [0.1, 0.15) is 0 Å². The van der Waals surface area contributed by atoms with Gasteiger partial charge in [0.2, 0.25) is 0 Å². The first-order valence-corrected chi connectivity index (χ1v) is 7.10. The molecule has 4 nitrogen and oxygen atoms in total. The number of rotatable bonds is 1. The molecule has 20 heavy (non-hydrogen) atoms. The van der Waals surface area contributed by atoms with Gasteiger partial charge in [-0.1, -0.05) is 12.7 Å². The molecule has 4 rings (SSSR count). The van der Waals surface area contributed by atoms with Gasteiger partial charge in [-0.15, -0.1) is 11.3 Å². The second kappa shape index (κ2) is 3.86. The molecule has 3 aliphatic rings. The summed E-state index contributed by atoms with van der Waals surface area (Å²) in [4.78, 5) is 1.07. The van der Waals surface area contributed by atoms with Crippen molar-refractivity contribution in [2.75, 3.05) is 26.4 Å². The predicted molar refractivity (Wildman–Crippen MR) is 66.5 cm³/mol. The van der Waals surface area contributed by atoms with Crippen LogP contribution in [0.2, 0.25) is 0 Å². The van der Waals surface area contributed by atoms with Crippen molar-refractivity contribution in [2.24, 2.45) is 0 Å². The zero-order chi connectivity index (χ0) is 14.0. The maximum Gasteiger partial charge on any atom is 0.363 e. The average Bonchev–Trinajstić information content (AvgIpc) is 3.18. The summed E-state index contributed by atoms with van der Waals surface area (Å²) in [5, 5.41) is 0. The Morgan fingerprint density at radius 1 is 1.05 bits per heavy atom. The highest BCUT2D eigenvalue weighted by Gasteiger charge is 2.81. The van der Waals surface area contributed by atoms with E-state index < -0.39 is 17.5 Å². The summed E-state index contributed by atoms with van der Waals surface area (Å²) in [6.45, 7) is 4.14. The Bertz CT molecular complexity index is 527. The number of alkyl halides is 2. The largest absolute Gasteiger partial charge is 0.363 e. The first-order valence-electron chi connectivity index (χ1n) is 6.28. The summed E-state index contributed by atoms with van der Waals surface area (Å²) in [6, 6.07) is 1.62. The van der Waals surface area contributed by atoms with Gasteiger partial charge in [0, 0.05) is 10.4 Å². The summed E-state index contributed by atoms with van der Waals surface area (Å²) in [5.74, 6) is -7.64. The summed E-state index contributed by atoms with van der Waals surface area (Å²) < 4.78 is 51.3. The lowest BCUT2D eigenvalue weighted by atomic mass is 10.1. The molecule has 108 valence electrons. The molecule has 0 radical (unpaired) electrons. The Balaban J connectivity index is 1.99. The second-order valence-corrected chi connectivity index (χ2v) is 5.88. The van der Waals surface area contributed by atoms with Crippen LogP contribution in [0.3, 0.4) is 0 Å². The van der Waals surface area contributed by atoms with E-state index in [4.69, 9.17) is 18.9 Å². The molecule has 2 aliphatic heterocycles. The lowest BCUT2D eigenvalue weighted by molar-refractivity contribution is -0.387. The second-order valence-electron chi connectivity index (χ2n) is 4.80. The van der Waals surface area contributed by atoms with Crippen molar-refractivity contribution in [3.05, 3.63) is 28.0 Å². The lowest BCUT2D eigenvalue weighted by Crippen LogP contribution is -2.54. The van der Waals surface area contributed by atoms with E-state index in [0.717, 1.165) is 4.88 Å². The SMILES string of the molecule is C=Cc1cc2c(s1)C1(OCCO1)C(F)(F)C21OCCO1. The number of ether oxygens (including phenoxy) is 4. The van der Waals surface area contributed by atoms with Crippen molar-refractivity contribution < 1.29 is 27.7 Å². The van der Waals surface area contributed by atoms with Crippen molar-refractivity contribution in [1.82, 2.24) is 0 Å². The third-order valence-electron chi connectivity index (χ3n) is 3.82. The van der Waals surface area contributed by atoms with Crippen LogP contribution in [0.4, 0.5) is 8.78 Å². The molecule has 0 amide bonds. The minimum atomic E-state index is -3.44. The van der Waals surface area contributed by atoms with E-state index in [-0.39, 0.29) is 26.4 Å². The van der Waals surface area contributed by atoms with E-state index in [9.17, 15) is 0 Å². The van der Waals surface area contributed by atoms with Crippen LogP contribution in [0.5, 0.6) is 0 Å². The number of hydrogen-bond donors (Lipinski definition) is 0. The molecule has 0 atom stereocenters. The number of thiophene rings is 1. The van der Waals surface area contributed by atoms with E-state index in [1.165, 1.54) is 11.3 Å². The van der Waals surface area contributed by atoms with E-state index in [1.807, 2.05) is 0 Å². The molecule has 0 aromatic carbocycles. The average molecular weight is 302 g/mol. The van der Waals surface area contributed by atoms with Crippen LogP contribution in [0.15, 0.2) is 12.6 Å². The fourth-order valence-corrected chi connectivity index (χ4v) is 4.18. The molecular formula is C13H12F2O4S. The first-order chi connectivity index (χ1) is 9.57. The van der Waals surface area contributed by atoms with Crippen LogP contribution >= 0.6 is 11.3 Å². The molecule has 0 bridgehead atoms. The molecule has 1 aliphatic carbocycles. The molecule has 7 heteroatoms. The molecule has 2 saturated heterocycles. The van der Waals surface area contributed by atoms with E-state index in [0.29, 0.717) is 10.4 Å². The van der Waals surface area contributed by atoms with Crippen molar-refractivity contribution in [3.8, 4) is 0 Å². The van der Waals surface area contributed by atoms with Gasteiger partial charge >= 0.3 is 5.92 Å². The van der Waals surface area contributed by atoms with Crippen LogP contribution in [0.1, 0.15) is 15.3 Å². The van der Waals surface area contributed by atoms with E-state index in [1.54, 1.807) is 12.1 Å². The van der Waals surface area contributed by atoms with Gasteiger partial charge in [0.05, 0.1) is 31.3 Å². The first kappa shape index (κ1) is 12.8. The maximum atomic E-state index is 15.0. The molecule has 2 spiro atoms. The quantitative estimate of drug-likeness (QED) is 0.798. The summed E-state index contributed by atoms with van der Waals surface area (Å²) in [6.07, 6.45) is 1.60. The monoisotopic (exact) mass is 302 g/mol. The standard InChI is InChI=1S/C13H12F2O4S/c1-2-8-7-9-10(20-8)12(18-5-6-19-12)13(14,15)11(9)16-3-4-17-11/h2,7H,1,3-6H2. The molecule has 2 fully saturated rings. The minimum Gasteiger partial charge on any atom is -0.339 e. The predicted octanol–water partition coefficient (Wildman–Crippen LogP) is 2.44. The van der Waals surface area contributed by atoms with Crippen molar-refractivity contribution >= 4 is 17.4 Å². The molecule has 0 unspecified atom stereocenters. The molecule has 1 aromatic heterocycles. The lowest BCUT2D eigenvalue weighted by Gasteiger charge is -2.36. The topological polar surface area (TPSA) is 36.9 Å². The normalized spacial score (nSPS) is 28.3. The smallest absolute Gasteiger partial charge is 0.339 e. The minimum absolute atomic E-state index is 0.115. The summed E-state index contributed by atoms with van der Waals surface area (Å²) >= 11 is 1.17. The Morgan fingerprint density at radius 2 is 1.60 bits per heavy atom. The highest BCUT2D eigenvalue weighted by Crippen LogP contribution is 2.65. The third kappa shape index (κ3) is 1.19. The van der Waals surface area contributed by atoms with E-state index in [2.05, 4.69) is 6.58 Å². The molecule has 3 heterocycles. The third-order valence-corrected chi connectivity index (χ3v) is 5.03. The highest BCUT2D eigenvalue weighted by atomic mass is 32.1. The summed E-state index contributed by atoms with van der Waals surface area (Å²) in [5.41, 5.74) is 0.293. The van der Waals surface area contributed by atoms with E-state index >= 15 is 8.78 Å². The van der Waals surface area contributed by atoms with Gasteiger partial charge in [-0.2, -0.15) is 8.78 Å². The number of halogens is 2. The fraction of sp³-hybridized carbons (Fsp3) is 0.538. The Labute approximate surface area is 117 Å². The van der Waals surface area contributed by atoms with Gasteiger partial charge in [-0.05, 0) is 6.07 Å². The summed E-state index contributed by atoms with van der Waals surface area (Å²) in [7, 11) is 0. The van der Waals surface area contributed by atoms with Gasteiger partial charge in [-0.25, -0.2) is 0 Å². The van der Waals surface area contributed by atoms with Gasteiger partial charge in [-0.3, -0.25) is 0 Å². The van der Waals surface area contributed by atoms with Gasteiger partial charge < -0.3 is 18.9 Å². The zero-order valence-corrected chi connectivity index (χ0v) is 11.3. The van der Waals surface area contributed by atoms with Gasteiger partial charge in [0.25, 0.3) is 11.6 Å².